The molecule has 0 aromatic carbocycles. The van der Waals surface area contributed by atoms with Gasteiger partial charge in [-0.2, -0.15) is 0 Å². The van der Waals surface area contributed by atoms with Gasteiger partial charge in [0, 0.05) is 5.69 Å². The average molecular weight is 416 g/mol. The predicted octanol–water partition coefficient (Wildman–Crippen LogP) is 1.48. The molecule has 0 radical (unpaired) electrons. The minimum atomic E-state index is -1.17. The van der Waals surface area contributed by atoms with E-state index in [1.54, 1.807) is 13.8 Å². The normalized spacial score (nSPS) is 21.4. The van der Waals surface area contributed by atoms with Crippen LogP contribution < -0.4 is 0 Å². The van der Waals surface area contributed by atoms with Gasteiger partial charge in [0.15, 0.2) is 6.10 Å². The number of amides is 2. The van der Waals surface area contributed by atoms with Crippen LogP contribution >= 0.6 is 0 Å². The largest absolute Gasteiger partial charge is 0.465 e. The highest BCUT2D eigenvalue weighted by Crippen LogP contribution is 2.34. The number of allylic oxidation sites excluding steroid dienone is 2. The van der Waals surface area contributed by atoms with Crippen molar-refractivity contribution in [2.75, 3.05) is 13.7 Å². The van der Waals surface area contributed by atoms with Crippen LogP contribution in [-0.2, 0) is 23.9 Å². The topological polar surface area (TPSA) is 123 Å². The molecule has 0 spiro atoms. The van der Waals surface area contributed by atoms with Crippen molar-refractivity contribution in [3.8, 4) is 0 Å². The second-order valence-electron chi connectivity index (χ2n) is 7.53. The molecule has 0 saturated carbocycles. The van der Waals surface area contributed by atoms with Crippen molar-refractivity contribution in [3.05, 3.63) is 34.7 Å². The van der Waals surface area contributed by atoms with E-state index in [1.165, 1.54) is 14.0 Å². The van der Waals surface area contributed by atoms with E-state index in [1.807, 2.05) is 12.2 Å². The van der Waals surface area contributed by atoms with Gasteiger partial charge in [-0.3, -0.25) is 24.1 Å². The number of H-pyrrole nitrogens is 1. The Labute approximate surface area is 173 Å². The highest BCUT2D eigenvalue weighted by atomic mass is 16.5. The molecule has 2 aliphatic rings. The van der Waals surface area contributed by atoms with E-state index in [4.69, 9.17) is 9.47 Å². The molecule has 0 unspecified atom stereocenters. The number of aryl methyl sites for hydroxylation is 1. The van der Waals surface area contributed by atoms with E-state index in [2.05, 4.69) is 4.98 Å². The van der Waals surface area contributed by atoms with Crippen LogP contribution in [0.15, 0.2) is 12.2 Å². The Morgan fingerprint density at radius 2 is 1.70 bits per heavy atom. The third-order valence-electron chi connectivity index (χ3n) is 5.64. The minimum absolute atomic E-state index is 0.138. The molecule has 160 valence electrons. The monoisotopic (exact) mass is 416 g/mol. The van der Waals surface area contributed by atoms with Crippen molar-refractivity contribution in [2.24, 2.45) is 11.8 Å². The highest BCUT2D eigenvalue weighted by molar-refractivity contribution is 6.08. The predicted molar refractivity (Wildman–Crippen MR) is 104 cm³/mol. The molecule has 1 aromatic rings. The lowest BCUT2D eigenvalue weighted by Crippen LogP contribution is -2.38. The Kier molecular flexibility index (Phi) is 5.91. The number of fused-ring (bicyclic) bond motifs is 1. The smallest absolute Gasteiger partial charge is 0.339 e. The van der Waals surface area contributed by atoms with Crippen LogP contribution in [0.3, 0.4) is 0 Å². The summed E-state index contributed by atoms with van der Waals surface area (Å²) in [6.07, 6.45) is 3.50. The summed E-state index contributed by atoms with van der Waals surface area (Å²) in [6.45, 7) is 4.09. The van der Waals surface area contributed by atoms with Crippen molar-refractivity contribution in [1.29, 1.82) is 0 Å². The van der Waals surface area contributed by atoms with Crippen molar-refractivity contribution in [2.45, 2.75) is 39.7 Å². The number of imide groups is 1. The number of nitrogens with one attached hydrogen (secondary N) is 1. The van der Waals surface area contributed by atoms with Crippen LogP contribution in [-0.4, -0.2) is 59.2 Å². The molecule has 1 aliphatic carbocycles. The zero-order valence-electron chi connectivity index (χ0n) is 17.3. The van der Waals surface area contributed by atoms with Gasteiger partial charge in [0.05, 0.1) is 30.2 Å². The zero-order chi connectivity index (χ0) is 22.2. The highest BCUT2D eigenvalue weighted by Gasteiger charge is 2.48. The number of hydrogen-bond donors (Lipinski definition) is 1. The number of ether oxygens (including phenoxy) is 2. The van der Waals surface area contributed by atoms with Crippen molar-refractivity contribution >= 4 is 29.5 Å². The van der Waals surface area contributed by atoms with Gasteiger partial charge in [0.25, 0.3) is 0 Å². The first-order valence-corrected chi connectivity index (χ1v) is 9.68. The molecule has 1 fully saturated rings. The number of carbonyl (C=O) groups is 5. The first-order valence-electron chi connectivity index (χ1n) is 9.68. The number of hydrogen-bond acceptors (Lipinski definition) is 7. The summed E-state index contributed by atoms with van der Waals surface area (Å²) in [5.41, 5.74) is 1.25. The standard InChI is InChI=1S/C21H24N2O7/c1-10-16(21(28)29-4)11(2)22-17(10)18(25)12(3)30-15(24)9-23-19(26)13-7-5-6-8-14(13)20(23)27/h5-6,12-14,22H,7-9H2,1-4H3/t12-,13+,14+/m1/s1. The summed E-state index contributed by atoms with van der Waals surface area (Å²) in [6, 6.07) is 0. The number of carbonyl (C=O) groups excluding carboxylic acids is 5. The molecule has 3 rings (SSSR count). The van der Waals surface area contributed by atoms with Crippen LogP contribution in [0.4, 0.5) is 0 Å². The molecule has 1 N–H and O–H groups in total. The van der Waals surface area contributed by atoms with Gasteiger partial charge in [0.1, 0.15) is 6.54 Å². The number of rotatable bonds is 6. The average Bonchev–Trinajstić information content (AvgIpc) is 3.15. The van der Waals surface area contributed by atoms with Crippen molar-refractivity contribution in [1.82, 2.24) is 9.88 Å². The van der Waals surface area contributed by atoms with Crippen molar-refractivity contribution in [3.63, 3.8) is 0 Å². The Morgan fingerprint density at radius 1 is 1.13 bits per heavy atom. The number of nitrogens with zero attached hydrogens (tertiary/aromatic N) is 1. The third-order valence-corrected chi connectivity index (χ3v) is 5.64. The third kappa shape index (κ3) is 3.67. The zero-order valence-corrected chi connectivity index (χ0v) is 17.3. The Bertz CT molecular complexity index is 933. The molecule has 2 amide bonds. The quantitative estimate of drug-likeness (QED) is 0.322. The molecular formula is C21H24N2O7. The summed E-state index contributed by atoms with van der Waals surface area (Å²) >= 11 is 0. The van der Waals surface area contributed by atoms with Gasteiger partial charge in [-0.1, -0.05) is 12.2 Å². The van der Waals surface area contributed by atoms with Gasteiger partial charge in [-0.25, -0.2) is 4.79 Å². The molecule has 9 heteroatoms. The summed E-state index contributed by atoms with van der Waals surface area (Å²) < 4.78 is 9.90. The molecule has 30 heavy (non-hydrogen) atoms. The Morgan fingerprint density at radius 3 is 2.23 bits per heavy atom. The van der Waals surface area contributed by atoms with Crippen LogP contribution in [0.2, 0.25) is 0 Å². The molecule has 1 aliphatic heterocycles. The fraction of sp³-hybridized carbons (Fsp3) is 0.476. The van der Waals surface area contributed by atoms with E-state index in [-0.39, 0.29) is 23.1 Å². The second-order valence-corrected chi connectivity index (χ2v) is 7.53. The van der Waals surface area contributed by atoms with Gasteiger partial charge in [-0.05, 0) is 39.2 Å². The van der Waals surface area contributed by atoms with Crippen LogP contribution in [0, 0.1) is 25.7 Å². The molecule has 1 saturated heterocycles. The van der Waals surface area contributed by atoms with Gasteiger partial charge >= 0.3 is 11.9 Å². The van der Waals surface area contributed by atoms with Gasteiger partial charge in [-0.15, -0.1) is 0 Å². The first-order chi connectivity index (χ1) is 14.2. The van der Waals surface area contributed by atoms with Gasteiger partial charge in [0.2, 0.25) is 17.6 Å². The molecular weight excluding hydrogens is 392 g/mol. The van der Waals surface area contributed by atoms with E-state index < -0.39 is 42.2 Å². The SMILES string of the molecule is COC(=O)c1c(C)[nH]c(C(=O)[C@@H](C)OC(=O)CN2C(=O)[C@H]3CC=CC[C@@H]3C2=O)c1C. The molecule has 9 nitrogen and oxygen atoms in total. The molecule has 0 bridgehead atoms. The summed E-state index contributed by atoms with van der Waals surface area (Å²) in [5.74, 6) is -3.60. The lowest BCUT2D eigenvalue weighted by atomic mass is 9.85. The maximum atomic E-state index is 12.7. The second kappa shape index (κ2) is 8.25. The van der Waals surface area contributed by atoms with Crippen LogP contribution in [0.1, 0.15) is 51.9 Å². The van der Waals surface area contributed by atoms with Crippen LogP contribution in [0.25, 0.3) is 0 Å². The number of aromatic amines is 1. The van der Waals surface area contributed by atoms with E-state index >= 15 is 0 Å². The molecule has 2 heterocycles. The van der Waals surface area contributed by atoms with Crippen LogP contribution in [0.5, 0.6) is 0 Å². The summed E-state index contributed by atoms with van der Waals surface area (Å²) in [7, 11) is 1.24. The minimum Gasteiger partial charge on any atom is -0.465 e. The first kappa shape index (κ1) is 21.5. The molecule has 1 aromatic heterocycles. The van der Waals surface area contributed by atoms with E-state index in [9.17, 15) is 24.0 Å². The maximum Gasteiger partial charge on any atom is 0.339 e. The maximum absolute atomic E-state index is 12.7. The number of esters is 2. The number of ketones is 1. The van der Waals surface area contributed by atoms with E-state index in [0.717, 1.165) is 4.90 Å². The Hall–Kier alpha value is -3.23. The van der Waals surface area contributed by atoms with Gasteiger partial charge < -0.3 is 14.5 Å². The Balaban J connectivity index is 1.66. The van der Waals surface area contributed by atoms with E-state index in [0.29, 0.717) is 24.1 Å². The fourth-order valence-corrected chi connectivity index (χ4v) is 4.05. The lowest BCUT2D eigenvalue weighted by Gasteiger charge is -2.16. The molecule has 3 atom stereocenters. The fourth-order valence-electron chi connectivity index (χ4n) is 4.05. The lowest BCUT2D eigenvalue weighted by molar-refractivity contribution is -0.154. The summed E-state index contributed by atoms with van der Waals surface area (Å²) in [5, 5.41) is 0. The number of methoxy groups -OCH3 is 1. The van der Waals surface area contributed by atoms with Crippen molar-refractivity contribution < 1.29 is 33.4 Å². The number of likely N-dealkylation sites (tertiary alicyclic amines) is 1. The summed E-state index contributed by atoms with van der Waals surface area (Å²) in [4.78, 5) is 65.6. The number of aromatic nitrogens is 1. The number of Topliss-reactive ketones (excluding diaryl/α,β-unsaturated/α-hetero) is 1.